The number of carbonyl (C=O) groups is 2. The third kappa shape index (κ3) is 3.37. The lowest BCUT2D eigenvalue weighted by Crippen LogP contribution is -2.13. The standard InChI is InChI=1S/C11H12O6/c1-15-8-5-3-4-7(10(8)16-2)6-9(12)17-11(13)14/h3-5H,6H2,1-2H3,(H,13,14). The number of carboxylic acid groups (broad SMARTS) is 1. The van der Waals surface area contributed by atoms with Crippen molar-refractivity contribution < 1.29 is 28.9 Å². The van der Waals surface area contributed by atoms with Crippen molar-refractivity contribution in [2.45, 2.75) is 6.42 Å². The van der Waals surface area contributed by atoms with Crippen LogP contribution in [0.4, 0.5) is 4.79 Å². The molecule has 0 saturated carbocycles. The van der Waals surface area contributed by atoms with Gasteiger partial charge in [0.1, 0.15) is 0 Å². The van der Waals surface area contributed by atoms with E-state index in [1.54, 1.807) is 18.2 Å². The average Bonchev–Trinajstić information content (AvgIpc) is 2.27. The molecule has 1 aromatic rings. The van der Waals surface area contributed by atoms with Crippen LogP contribution < -0.4 is 9.47 Å². The zero-order valence-electron chi connectivity index (χ0n) is 9.43. The molecule has 0 atom stereocenters. The van der Waals surface area contributed by atoms with Crippen LogP contribution in [0.5, 0.6) is 11.5 Å². The van der Waals surface area contributed by atoms with E-state index in [1.165, 1.54) is 14.2 Å². The highest BCUT2D eigenvalue weighted by Crippen LogP contribution is 2.30. The second-order valence-electron chi connectivity index (χ2n) is 3.07. The highest BCUT2D eigenvalue weighted by Gasteiger charge is 2.15. The number of hydrogen-bond donors (Lipinski definition) is 1. The van der Waals surface area contributed by atoms with E-state index >= 15 is 0 Å². The summed E-state index contributed by atoms with van der Waals surface area (Å²) in [5.74, 6) is -0.0190. The van der Waals surface area contributed by atoms with E-state index in [9.17, 15) is 9.59 Å². The monoisotopic (exact) mass is 240 g/mol. The molecular weight excluding hydrogens is 228 g/mol. The summed E-state index contributed by atoms with van der Waals surface area (Å²) < 4.78 is 14.1. The molecular formula is C11H12O6. The first-order chi connectivity index (χ1) is 8.08. The van der Waals surface area contributed by atoms with Crippen LogP contribution in [-0.4, -0.2) is 31.5 Å². The summed E-state index contributed by atoms with van der Waals surface area (Å²) in [4.78, 5) is 21.4. The van der Waals surface area contributed by atoms with E-state index in [0.29, 0.717) is 17.1 Å². The van der Waals surface area contributed by atoms with E-state index in [1.807, 2.05) is 0 Å². The maximum atomic E-state index is 11.2. The maximum Gasteiger partial charge on any atom is 0.513 e. The number of para-hydroxylation sites is 1. The predicted octanol–water partition coefficient (Wildman–Crippen LogP) is 1.47. The van der Waals surface area contributed by atoms with Crippen LogP contribution in [0, 0.1) is 0 Å². The van der Waals surface area contributed by atoms with Gasteiger partial charge in [0.15, 0.2) is 11.5 Å². The maximum absolute atomic E-state index is 11.2. The number of rotatable bonds is 4. The van der Waals surface area contributed by atoms with Crippen LogP contribution in [0.2, 0.25) is 0 Å². The van der Waals surface area contributed by atoms with Gasteiger partial charge in [-0.15, -0.1) is 0 Å². The Morgan fingerprint density at radius 3 is 2.47 bits per heavy atom. The molecule has 1 aromatic carbocycles. The molecule has 0 aromatic heterocycles. The molecule has 6 nitrogen and oxygen atoms in total. The number of ether oxygens (including phenoxy) is 3. The molecule has 1 rings (SSSR count). The average molecular weight is 240 g/mol. The first-order valence-corrected chi connectivity index (χ1v) is 4.72. The fraction of sp³-hybridized carbons (Fsp3) is 0.273. The number of methoxy groups -OCH3 is 2. The summed E-state index contributed by atoms with van der Waals surface area (Å²) in [5, 5.41) is 8.29. The van der Waals surface area contributed by atoms with Gasteiger partial charge in [0, 0.05) is 5.56 Å². The Hall–Kier alpha value is -2.24. The van der Waals surface area contributed by atoms with Crippen LogP contribution in [-0.2, 0) is 16.0 Å². The molecule has 0 amide bonds. The topological polar surface area (TPSA) is 82.1 Å². The zero-order valence-corrected chi connectivity index (χ0v) is 9.43. The van der Waals surface area contributed by atoms with Crippen molar-refractivity contribution >= 4 is 12.1 Å². The van der Waals surface area contributed by atoms with Crippen molar-refractivity contribution in [2.75, 3.05) is 14.2 Å². The van der Waals surface area contributed by atoms with E-state index in [0.717, 1.165) is 0 Å². The Bertz CT molecular complexity index is 426. The summed E-state index contributed by atoms with van der Waals surface area (Å²) in [6.07, 6.45) is -1.83. The first-order valence-electron chi connectivity index (χ1n) is 4.72. The van der Waals surface area contributed by atoms with E-state index in [4.69, 9.17) is 14.6 Å². The van der Waals surface area contributed by atoms with Gasteiger partial charge in [0.2, 0.25) is 0 Å². The highest BCUT2D eigenvalue weighted by atomic mass is 16.7. The molecule has 1 N–H and O–H groups in total. The van der Waals surface area contributed by atoms with Crippen LogP contribution in [0.3, 0.4) is 0 Å². The molecule has 0 radical (unpaired) electrons. The van der Waals surface area contributed by atoms with Crippen molar-refractivity contribution in [3.8, 4) is 11.5 Å². The lowest BCUT2D eigenvalue weighted by atomic mass is 10.1. The van der Waals surface area contributed by atoms with Gasteiger partial charge in [-0.3, -0.25) is 4.79 Å². The number of benzene rings is 1. The summed E-state index contributed by atoms with van der Waals surface area (Å²) in [6, 6.07) is 4.97. The Morgan fingerprint density at radius 1 is 1.24 bits per heavy atom. The molecule has 0 spiro atoms. The largest absolute Gasteiger partial charge is 0.513 e. The molecule has 17 heavy (non-hydrogen) atoms. The van der Waals surface area contributed by atoms with Gasteiger partial charge in [0.25, 0.3) is 0 Å². The third-order valence-corrected chi connectivity index (χ3v) is 2.02. The molecule has 0 aliphatic rings. The minimum Gasteiger partial charge on any atom is -0.493 e. The minimum atomic E-state index is -1.63. The SMILES string of the molecule is COc1cccc(CC(=O)OC(=O)O)c1OC. The highest BCUT2D eigenvalue weighted by molar-refractivity contribution is 5.83. The smallest absolute Gasteiger partial charge is 0.493 e. The van der Waals surface area contributed by atoms with Crippen molar-refractivity contribution in [1.82, 2.24) is 0 Å². The second kappa shape index (κ2) is 5.74. The quantitative estimate of drug-likeness (QED) is 0.633. The molecule has 0 unspecified atom stereocenters. The summed E-state index contributed by atoms with van der Waals surface area (Å²) in [5.41, 5.74) is 0.498. The lowest BCUT2D eigenvalue weighted by Gasteiger charge is -2.11. The predicted molar refractivity (Wildman–Crippen MR) is 57.4 cm³/mol. The Balaban J connectivity index is 2.90. The van der Waals surface area contributed by atoms with E-state index in [-0.39, 0.29) is 6.42 Å². The van der Waals surface area contributed by atoms with Gasteiger partial charge in [0.05, 0.1) is 20.6 Å². The number of hydrogen-bond acceptors (Lipinski definition) is 5. The molecule has 0 fully saturated rings. The number of carbonyl (C=O) groups excluding carboxylic acids is 1. The fourth-order valence-electron chi connectivity index (χ4n) is 1.38. The van der Waals surface area contributed by atoms with Crippen LogP contribution in [0.25, 0.3) is 0 Å². The zero-order chi connectivity index (χ0) is 12.8. The molecule has 0 heterocycles. The minimum absolute atomic E-state index is 0.202. The van der Waals surface area contributed by atoms with Gasteiger partial charge in [-0.1, -0.05) is 12.1 Å². The Kier molecular flexibility index (Phi) is 4.33. The first kappa shape index (κ1) is 12.8. The van der Waals surface area contributed by atoms with Gasteiger partial charge in [-0.2, -0.15) is 0 Å². The summed E-state index contributed by atoms with van der Waals surface area (Å²) >= 11 is 0. The van der Waals surface area contributed by atoms with E-state index < -0.39 is 12.1 Å². The van der Waals surface area contributed by atoms with Crippen LogP contribution in [0.1, 0.15) is 5.56 Å². The van der Waals surface area contributed by atoms with Crippen LogP contribution in [0.15, 0.2) is 18.2 Å². The summed E-state index contributed by atoms with van der Waals surface area (Å²) in [7, 11) is 2.90. The molecule has 0 bridgehead atoms. The van der Waals surface area contributed by atoms with Crippen molar-refractivity contribution in [3.63, 3.8) is 0 Å². The third-order valence-electron chi connectivity index (χ3n) is 2.02. The molecule has 6 heteroatoms. The summed E-state index contributed by atoms with van der Waals surface area (Å²) in [6.45, 7) is 0. The van der Waals surface area contributed by atoms with Crippen molar-refractivity contribution in [1.29, 1.82) is 0 Å². The number of esters is 1. The van der Waals surface area contributed by atoms with Crippen molar-refractivity contribution in [3.05, 3.63) is 23.8 Å². The van der Waals surface area contributed by atoms with Crippen molar-refractivity contribution in [2.24, 2.45) is 0 Å². The van der Waals surface area contributed by atoms with Gasteiger partial charge in [-0.05, 0) is 6.07 Å². The van der Waals surface area contributed by atoms with E-state index in [2.05, 4.69) is 4.74 Å². The lowest BCUT2D eigenvalue weighted by molar-refractivity contribution is -0.138. The Labute approximate surface area is 97.7 Å². The normalized spacial score (nSPS) is 9.53. The van der Waals surface area contributed by atoms with Gasteiger partial charge in [-0.25, -0.2) is 4.79 Å². The molecule has 0 saturated heterocycles. The molecule has 0 aliphatic heterocycles. The molecule has 0 aliphatic carbocycles. The Morgan fingerprint density at radius 2 is 1.94 bits per heavy atom. The van der Waals surface area contributed by atoms with Crippen LogP contribution >= 0.6 is 0 Å². The van der Waals surface area contributed by atoms with Gasteiger partial charge < -0.3 is 19.3 Å². The van der Waals surface area contributed by atoms with Gasteiger partial charge >= 0.3 is 12.1 Å². The fourth-order valence-corrected chi connectivity index (χ4v) is 1.38. The second-order valence-corrected chi connectivity index (χ2v) is 3.07. The molecule has 92 valence electrons.